The Morgan fingerprint density at radius 1 is 1.40 bits per heavy atom. The van der Waals surface area contributed by atoms with Crippen LogP contribution in [0.1, 0.15) is 25.3 Å². The predicted octanol–water partition coefficient (Wildman–Crippen LogP) is 2.08. The Hall–Kier alpha value is -1.66. The molecule has 20 heavy (non-hydrogen) atoms. The molecule has 0 aromatic heterocycles. The van der Waals surface area contributed by atoms with Gasteiger partial charge in [-0.15, -0.1) is 0 Å². The number of carbonyl (C=O) groups is 1. The maximum absolute atomic E-state index is 11.8. The number of nitrogens with two attached hydrogens (primary N) is 1. The maximum atomic E-state index is 11.8. The highest BCUT2D eigenvalue weighted by Gasteiger charge is 2.09. The molecule has 0 saturated carbocycles. The maximum Gasteiger partial charge on any atom is 0.226 e. The van der Waals surface area contributed by atoms with Gasteiger partial charge in [0.15, 0.2) is 0 Å². The van der Waals surface area contributed by atoms with E-state index in [9.17, 15) is 4.79 Å². The number of methoxy groups -OCH3 is 1. The van der Waals surface area contributed by atoms with Crippen LogP contribution in [0.5, 0.6) is 5.75 Å². The zero-order chi connectivity index (χ0) is 15.0. The molecule has 1 rings (SSSR count). The molecule has 0 heterocycles. The normalized spacial score (nSPS) is 10.1. The standard InChI is InChI=1S/C14H20N2O3S/c1-3-7-19-8-6-13(17)16-11-5-4-10(14(15)20)9-12(11)18-2/h4-5,9H,3,6-8H2,1-2H3,(H2,15,20)(H,16,17). The Bertz CT molecular complexity index is 477. The Balaban J connectivity index is 2.62. The molecule has 0 spiro atoms. The lowest BCUT2D eigenvalue weighted by molar-refractivity contribution is -0.117. The van der Waals surface area contributed by atoms with E-state index < -0.39 is 0 Å². The largest absolute Gasteiger partial charge is 0.495 e. The Morgan fingerprint density at radius 2 is 2.15 bits per heavy atom. The highest BCUT2D eigenvalue weighted by molar-refractivity contribution is 7.80. The first-order valence-corrected chi connectivity index (χ1v) is 6.84. The van der Waals surface area contributed by atoms with E-state index in [4.69, 9.17) is 27.4 Å². The number of thiocarbonyl (C=S) groups is 1. The van der Waals surface area contributed by atoms with Crippen LogP contribution in [0.3, 0.4) is 0 Å². The molecule has 0 saturated heterocycles. The number of benzene rings is 1. The van der Waals surface area contributed by atoms with Crippen molar-refractivity contribution in [3.8, 4) is 5.75 Å². The molecule has 0 unspecified atom stereocenters. The Kier molecular flexibility index (Phi) is 6.97. The molecule has 0 atom stereocenters. The third-order valence-electron chi connectivity index (χ3n) is 2.58. The molecular weight excluding hydrogens is 276 g/mol. The van der Waals surface area contributed by atoms with E-state index in [1.165, 1.54) is 7.11 Å². The molecule has 6 heteroatoms. The van der Waals surface area contributed by atoms with Gasteiger partial charge >= 0.3 is 0 Å². The number of carbonyl (C=O) groups excluding carboxylic acids is 1. The first kappa shape index (κ1) is 16.4. The van der Waals surface area contributed by atoms with Crippen LogP contribution < -0.4 is 15.8 Å². The number of rotatable bonds is 8. The minimum absolute atomic E-state index is 0.123. The second-order valence-electron chi connectivity index (χ2n) is 4.19. The van der Waals surface area contributed by atoms with Crippen LogP contribution in [-0.4, -0.2) is 31.2 Å². The molecule has 0 aliphatic rings. The third kappa shape index (κ3) is 5.14. The zero-order valence-electron chi connectivity index (χ0n) is 11.8. The van der Waals surface area contributed by atoms with E-state index in [-0.39, 0.29) is 10.9 Å². The van der Waals surface area contributed by atoms with Gasteiger partial charge in [-0.2, -0.15) is 0 Å². The smallest absolute Gasteiger partial charge is 0.226 e. The number of hydrogen-bond acceptors (Lipinski definition) is 4. The second kappa shape index (κ2) is 8.50. The van der Waals surface area contributed by atoms with E-state index in [0.29, 0.717) is 36.6 Å². The molecule has 0 aliphatic heterocycles. The summed E-state index contributed by atoms with van der Waals surface area (Å²) in [6, 6.07) is 5.16. The Labute approximate surface area is 124 Å². The molecule has 1 amide bonds. The SMILES string of the molecule is CCCOCCC(=O)Nc1ccc(C(N)=S)cc1OC. The monoisotopic (exact) mass is 296 g/mol. The number of nitrogens with one attached hydrogen (secondary N) is 1. The molecule has 1 aromatic rings. The van der Waals surface area contributed by atoms with Gasteiger partial charge in [-0.05, 0) is 24.6 Å². The van der Waals surface area contributed by atoms with Gasteiger partial charge in [0.05, 0.1) is 25.8 Å². The minimum Gasteiger partial charge on any atom is -0.495 e. The average Bonchev–Trinajstić information content (AvgIpc) is 2.43. The summed E-state index contributed by atoms with van der Waals surface area (Å²) < 4.78 is 10.5. The fourth-order valence-electron chi connectivity index (χ4n) is 1.57. The van der Waals surface area contributed by atoms with Crippen LogP contribution in [0.15, 0.2) is 18.2 Å². The van der Waals surface area contributed by atoms with Gasteiger partial charge in [0.1, 0.15) is 10.7 Å². The van der Waals surface area contributed by atoms with Crippen LogP contribution in [0.25, 0.3) is 0 Å². The molecule has 0 radical (unpaired) electrons. The van der Waals surface area contributed by atoms with E-state index in [1.807, 2.05) is 6.92 Å². The van der Waals surface area contributed by atoms with Crippen molar-refractivity contribution < 1.29 is 14.3 Å². The summed E-state index contributed by atoms with van der Waals surface area (Å²) >= 11 is 4.90. The molecule has 110 valence electrons. The van der Waals surface area contributed by atoms with Gasteiger partial charge in [-0.3, -0.25) is 4.79 Å². The zero-order valence-corrected chi connectivity index (χ0v) is 12.6. The summed E-state index contributed by atoms with van der Waals surface area (Å²) in [5.74, 6) is 0.403. The molecule has 0 fully saturated rings. The molecule has 5 nitrogen and oxygen atoms in total. The summed E-state index contributed by atoms with van der Waals surface area (Å²) in [6.07, 6.45) is 1.25. The summed E-state index contributed by atoms with van der Waals surface area (Å²) in [6.45, 7) is 3.10. The quantitative estimate of drug-likeness (QED) is 0.567. The van der Waals surface area contributed by atoms with Crippen LogP contribution in [0, 0.1) is 0 Å². The highest BCUT2D eigenvalue weighted by Crippen LogP contribution is 2.25. The summed E-state index contributed by atoms with van der Waals surface area (Å²) in [7, 11) is 1.53. The number of hydrogen-bond donors (Lipinski definition) is 2. The Morgan fingerprint density at radius 3 is 2.75 bits per heavy atom. The molecule has 3 N–H and O–H groups in total. The van der Waals surface area contributed by atoms with Crippen molar-refractivity contribution in [3.05, 3.63) is 23.8 Å². The molecular formula is C14H20N2O3S. The van der Waals surface area contributed by atoms with Gasteiger partial charge < -0.3 is 20.5 Å². The van der Waals surface area contributed by atoms with Crippen molar-refractivity contribution in [2.45, 2.75) is 19.8 Å². The van der Waals surface area contributed by atoms with E-state index in [1.54, 1.807) is 18.2 Å². The van der Waals surface area contributed by atoms with Crippen LogP contribution >= 0.6 is 12.2 Å². The van der Waals surface area contributed by atoms with E-state index >= 15 is 0 Å². The topological polar surface area (TPSA) is 73.6 Å². The predicted molar refractivity (Wildman–Crippen MR) is 83.2 cm³/mol. The first-order chi connectivity index (χ1) is 9.58. The summed E-state index contributed by atoms with van der Waals surface area (Å²) in [5, 5.41) is 2.78. The fraction of sp³-hybridized carbons (Fsp3) is 0.429. The van der Waals surface area contributed by atoms with Crippen molar-refractivity contribution in [1.29, 1.82) is 0 Å². The van der Waals surface area contributed by atoms with Crippen LogP contribution in [-0.2, 0) is 9.53 Å². The lowest BCUT2D eigenvalue weighted by Gasteiger charge is -2.11. The summed E-state index contributed by atoms with van der Waals surface area (Å²) in [5.41, 5.74) is 6.84. The highest BCUT2D eigenvalue weighted by atomic mass is 32.1. The van der Waals surface area contributed by atoms with Gasteiger partial charge in [-0.25, -0.2) is 0 Å². The van der Waals surface area contributed by atoms with Crippen LogP contribution in [0.2, 0.25) is 0 Å². The molecule has 0 aliphatic carbocycles. The lowest BCUT2D eigenvalue weighted by atomic mass is 10.2. The number of ether oxygens (including phenoxy) is 2. The van der Waals surface area contributed by atoms with Crippen molar-refractivity contribution in [1.82, 2.24) is 0 Å². The van der Waals surface area contributed by atoms with Gasteiger partial charge in [0, 0.05) is 12.2 Å². The number of anilines is 1. The minimum atomic E-state index is -0.123. The lowest BCUT2D eigenvalue weighted by Crippen LogP contribution is -2.15. The number of amides is 1. The van der Waals surface area contributed by atoms with Gasteiger partial charge in [0.2, 0.25) is 5.91 Å². The average molecular weight is 296 g/mol. The van der Waals surface area contributed by atoms with Gasteiger partial charge in [0.25, 0.3) is 0 Å². The van der Waals surface area contributed by atoms with E-state index in [0.717, 1.165) is 6.42 Å². The third-order valence-corrected chi connectivity index (χ3v) is 2.82. The van der Waals surface area contributed by atoms with Crippen molar-refractivity contribution in [2.24, 2.45) is 5.73 Å². The first-order valence-electron chi connectivity index (χ1n) is 6.44. The summed E-state index contributed by atoms with van der Waals surface area (Å²) in [4.78, 5) is 12.1. The van der Waals surface area contributed by atoms with Crippen LogP contribution in [0.4, 0.5) is 5.69 Å². The van der Waals surface area contributed by atoms with Crippen molar-refractivity contribution in [3.63, 3.8) is 0 Å². The second-order valence-corrected chi connectivity index (χ2v) is 4.63. The van der Waals surface area contributed by atoms with E-state index in [2.05, 4.69) is 5.32 Å². The molecule has 1 aromatic carbocycles. The fourth-order valence-corrected chi connectivity index (χ4v) is 1.70. The molecule has 0 bridgehead atoms. The van der Waals surface area contributed by atoms with Crippen molar-refractivity contribution in [2.75, 3.05) is 25.6 Å². The van der Waals surface area contributed by atoms with Gasteiger partial charge in [-0.1, -0.05) is 19.1 Å². The van der Waals surface area contributed by atoms with Crippen molar-refractivity contribution >= 4 is 28.8 Å².